The van der Waals surface area contributed by atoms with Gasteiger partial charge in [-0.05, 0) is 6.42 Å². The molecule has 110 valence electrons. The molecule has 1 rings (SSSR count). The summed E-state index contributed by atoms with van der Waals surface area (Å²) < 4.78 is 45.0. The number of hydrogen-bond donors (Lipinski definition) is 1. The van der Waals surface area contributed by atoms with Gasteiger partial charge in [-0.25, -0.2) is 4.79 Å². The molecule has 19 heavy (non-hydrogen) atoms. The van der Waals surface area contributed by atoms with Crippen molar-refractivity contribution in [3.05, 3.63) is 0 Å². The minimum Gasteiger partial charge on any atom is -0.430 e. The van der Waals surface area contributed by atoms with Gasteiger partial charge in [0.1, 0.15) is 0 Å². The van der Waals surface area contributed by atoms with Crippen molar-refractivity contribution in [3.63, 3.8) is 0 Å². The van der Waals surface area contributed by atoms with Gasteiger partial charge in [0, 0.05) is 33.4 Å². The van der Waals surface area contributed by atoms with Crippen LogP contribution in [-0.4, -0.2) is 62.5 Å². The van der Waals surface area contributed by atoms with E-state index >= 15 is 0 Å². The molecule has 1 atom stereocenters. The Morgan fingerprint density at radius 2 is 2.21 bits per heavy atom. The van der Waals surface area contributed by atoms with Gasteiger partial charge in [0.15, 0.2) is 0 Å². The number of methoxy groups -OCH3 is 1. The van der Waals surface area contributed by atoms with Crippen LogP contribution < -0.4 is 5.32 Å². The van der Waals surface area contributed by atoms with Crippen LogP contribution in [0.15, 0.2) is 0 Å². The Morgan fingerprint density at radius 3 is 2.79 bits per heavy atom. The Hall–Kier alpha value is -1.35. The molecule has 1 amide bonds. The third-order valence-electron chi connectivity index (χ3n) is 2.48. The Labute approximate surface area is 107 Å². The van der Waals surface area contributed by atoms with Crippen LogP contribution >= 0.6 is 0 Å². The standard InChI is InChI=1S/C10H15F3N2O4/c1-18-6-2-4-15-5-3-14-7(8(15)16)19-9(17)10(11,12)13/h7,14H,2-6H2,1H3. The molecular weight excluding hydrogens is 269 g/mol. The number of carbonyl (C=O) groups excluding carboxylic acids is 2. The van der Waals surface area contributed by atoms with Crippen LogP contribution in [0.3, 0.4) is 0 Å². The molecule has 0 radical (unpaired) electrons. The Morgan fingerprint density at radius 1 is 1.53 bits per heavy atom. The molecule has 1 unspecified atom stereocenters. The van der Waals surface area contributed by atoms with Crippen LogP contribution in [0, 0.1) is 0 Å². The number of esters is 1. The van der Waals surface area contributed by atoms with Gasteiger partial charge in [0.25, 0.3) is 5.91 Å². The molecule has 0 saturated carbocycles. The number of nitrogens with one attached hydrogen (secondary N) is 1. The fraction of sp³-hybridized carbons (Fsp3) is 0.800. The molecule has 0 bridgehead atoms. The van der Waals surface area contributed by atoms with E-state index in [1.807, 2.05) is 0 Å². The van der Waals surface area contributed by atoms with Crippen molar-refractivity contribution in [2.45, 2.75) is 18.8 Å². The molecule has 1 saturated heterocycles. The van der Waals surface area contributed by atoms with Gasteiger partial charge >= 0.3 is 12.1 Å². The predicted octanol–water partition coefficient (Wildman–Crippen LogP) is -0.114. The lowest BCUT2D eigenvalue weighted by Crippen LogP contribution is -2.57. The minimum absolute atomic E-state index is 0.258. The topological polar surface area (TPSA) is 67.9 Å². The third kappa shape index (κ3) is 4.67. The summed E-state index contributed by atoms with van der Waals surface area (Å²) in [4.78, 5) is 23.8. The summed E-state index contributed by atoms with van der Waals surface area (Å²) in [6.45, 7) is 1.38. The van der Waals surface area contributed by atoms with E-state index in [1.165, 1.54) is 12.0 Å². The maximum Gasteiger partial charge on any atom is 0.490 e. The van der Waals surface area contributed by atoms with Crippen molar-refractivity contribution in [2.24, 2.45) is 0 Å². The maximum atomic E-state index is 12.0. The SMILES string of the molecule is COCCCN1CCNC(OC(=O)C(F)(F)F)C1=O. The highest BCUT2D eigenvalue weighted by molar-refractivity contribution is 5.85. The Kier molecular flexibility index (Phi) is 5.55. The summed E-state index contributed by atoms with van der Waals surface area (Å²) >= 11 is 0. The van der Waals surface area contributed by atoms with Gasteiger partial charge in [-0.15, -0.1) is 0 Å². The first-order chi connectivity index (χ1) is 8.86. The highest BCUT2D eigenvalue weighted by Crippen LogP contribution is 2.18. The normalized spacial score (nSPS) is 20.5. The second-order valence-electron chi connectivity index (χ2n) is 3.91. The summed E-state index contributed by atoms with van der Waals surface area (Å²) in [6, 6.07) is 0. The number of hydrogen-bond acceptors (Lipinski definition) is 5. The quantitative estimate of drug-likeness (QED) is 0.563. The Balaban J connectivity index is 2.51. The first kappa shape index (κ1) is 15.7. The van der Waals surface area contributed by atoms with Crippen LogP contribution in [0.1, 0.15) is 6.42 Å². The fourth-order valence-corrected chi connectivity index (χ4v) is 1.58. The van der Waals surface area contributed by atoms with Gasteiger partial charge < -0.3 is 14.4 Å². The monoisotopic (exact) mass is 284 g/mol. The fourth-order valence-electron chi connectivity index (χ4n) is 1.58. The van der Waals surface area contributed by atoms with Crippen LogP contribution in [-0.2, 0) is 19.1 Å². The van der Waals surface area contributed by atoms with E-state index in [4.69, 9.17) is 4.74 Å². The van der Waals surface area contributed by atoms with Crippen LogP contribution in [0.25, 0.3) is 0 Å². The van der Waals surface area contributed by atoms with E-state index in [-0.39, 0.29) is 6.54 Å². The van der Waals surface area contributed by atoms with E-state index in [0.29, 0.717) is 26.1 Å². The predicted molar refractivity (Wildman–Crippen MR) is 57.0 cm³/mol. The van der Waals surface area contributed by atoms with Crippen LogP contribution in [0.2, 0.25) is 0 Å². The highest BCUT2D eigenvalue weighted by atomic mass is 19.4. The number of halogens is 3. The lowest BCUT2D eigenvalue weighted by atomic mass is 10.3. The zero-order valence-corrected chi connectivity index (χ0v) is 10.3. The second-order valence-corrected chi connectivity index (χ2v) is 3.91. The number of piperazine rings is 1. The number of amides is 1. The maximum absolute atomic E-state index is 12.0. The molecule has 1 aliphatic rings. The zero-order chi connectivity index (χ0) is 14.5. The van der Waals surface area contributed by atoms with Gasteiger partial charge in [-0.3, -0.25) is 10.1 Å². The molecule has 6 nitrogen and oxygen atoms in total. The number of rotatable bonds is 5. The van der Waals surface area contributed by atoms with E-state index in [2.05, 4.69) is 10.1 Å². The van der Waals surface area contributed by atoms with Crippen molar-refractivity contribution >= 4 is 11.9 Å². The molecule has 1 aliphatic heterocycles. The van der Waals surface area contributed by atoms with Crippen molar-refractivity contribution in [1.82, 2.24) is 10.2 Å². The zero-order valence-electron chi connectivity index (χ0n) is 10.3. The molecule has 1 heterocycles. The molecule has 0 aromatic rings. The summed E-state index contributed by atoms with van der Waals surface area (Å²) in [6.07, 6.45) is -6.13. The number of alkyl halides is 3. The third-order valence-corrected chi connectivity index (χ3v) is 2.48. The molecule has 0 aromatic heterocycles. The van der Waals surface area contributed by atoms with Crippen molar-refractivity contribution in [2.75, 3.05) is 33.4 Å². The van der Waals surface area contributed by atoms with E-state index in [1.54, 1.807) is 0 Å². The number of carbonyl (C=O) groups is 2. The molecule has 0 spiro atoms. The minimum atomic E-state index is -5.11. The average molecular weight is 284 g/mol. The molecule has 0 aliphatic carbocycles. The largest absolute Gasteiger partial charge is 0.490 e. The number of nitrogens with zero attached hydrogens (tertiary/aromatic N) is 1. The molecule has 1 N–H and O–H groups in total. The molecule has 9 heteroatoms. The van der Waals surface area contributed by atoms with Crippen molar-refractivity contribution in [1.29, 1.82) is 0 Å². The lowest BCUT2D eigenvalue weighted by Gasteiger charge is -2.32. The van der Waals surface area contributed by atoms with Gasteiger partial charge in [-0.2, -0.15) is 13.2 Å². The molecular formula is C10H15F3N2O4. The summed E-state index contributed by atoms with van der Waals surface area (Å²) in [5.74, 6) is -3.06. The van der Waals surface area contributed by atoms with Gasteiger partial charge in [0.05, 0.1) is 0 Å². The van der Waals surface area contributed by atoms with E-state index < -0.39 is 24.3 Å². The summed E-state index contributed by atoms with van der Waals surface area (Å²) in [5.41, 5.74) is 0. The summed E-state index contributed by atoms with van der Waals surface area (Å²) in [7, 11) is 1.51. The number of ether oxygens (including phenoxy) is 2. The molecule has 1 fully saturated rings. The van der Waals surface area contributed by atoms with Crippen molar-refractivity contribution < 1.29 is 32.2 Å². The second kappa shape index (κ2) is 6.71. The Bertz CT molecular complexity index is 335. The van der Waals surface area contributed by atoms with Crippen LogP contribution in [0.5, 0.6) is 0 Å². The molecule has 0 aromatic carbocycles. The summed E-state index contributed by atoms with van der Waals surface area (Å²) in [5, 5.41) is 2.43. The highest BCUT2D eigenvalue weighted by Gasteiger charge is 2.44. The average Bonchev–Trinajstić information content (AvgIpc) is 2.32. The van der Waals surface area contributed by atoms with E-state index in [0.717, 1.165) is 0 Å². The van der Waals surface area contributed by atoms with Gasteiger partial charge in [0.2, 0.25) is 6.23 Å². The first-order valence-corrected chi connectivity index (χ1v) is 5.65. The van der Waals surface area contributed by atoms with Crippen LogP contribution in [0.4, 0.5) is 13.2 Å². The van der Waals surface area contributed by atoms with E-state index in [9.17, 15) is 22.8 Å². The lowest BCUT2D eigenvalue weighted by molar-refractivity contribution is -0.208. The smallest absolute Gasteiger partial charge is 0.430 e. The first-order valence-electron chi connectivity index (χ1n) is 5.65. The van der Waals surface area contributed by atoms with Gasteiger partial charge in [-0.1, -0.05) is 0 Å². The van der Waals surface area contributed by atoms with Crippen molar-refractivity contribution in [3.8, 4) is 0 Å².